The number of hydrogen-bond acceptors (Lipinski definition) is 0. The zero-order valence-corrected chi connectivity index (χ0v) is 15.6. The molecule has 0 unspecified atom stereocenters. The SMILES string of the molecule is C=Cc1c2ccccc2c(-c2cccc(-c3ccccc3)c2)c2ccccc12. The molecule has 0 aromatic heterocycles. The Bertz CT molecular complexity index is 1250. The van der Waals surface area contributed by atoms with E-state index >= 15 is 0 Å². The molecule has 0 aliphatic heterocycles. The molecule has 5 aromatic carbocycles. The second-order valence-electron chi connectivity index (χ2n) is 7.03. The Hall–Kier alpha value is -3.64. The van der Waals surface area contributed by atoms with Crippen molar-refractivity contribution in [3.8, 4) is 22.3 Å². The van der Waals surface area contributed by atoms with Crippen LogP contribution in [0.3, 0.4) is 0 Å². The summed E-state index contributed by atoms with van der Waals surface area (Å²) in [6.07, 6.45) is 1.98. The zero-order chi connectivity index (χ0) is 18.9. The van der Waals surface area contributed by atoms with Gasteiger partial charge < -0.3 is 0 Å². The normalized spacial score (nSPS) is 11.0. The highest BCUT2D eigenvalue weighted by Gasteiger charge is 2.13. The summed E-state index contributed by atoms with van der Waals surface area (Å²) >= 11 is 0. The van der Waals surface area contributed by atoms with Crippen molar-refractivity contribution in [3.63, 3.8) is 0 Å². The Kier molecular flexibility index (Phi) is 4.03. The monoisotopic (exact) mass is 356 g/mol. The van der Waals surface area contributed by atoms with Gasteiger partial charge in [0, 0.05) is 0 Å². The Morgan fingerprint density at radius 2 is 0.964 bits per heavy atom. The van der Waals surface area contributed by atoms with E-state index in [1.807, 2.05) is 6.08 Å². The highest BCUT2D eigenvalue weighted by atomic mass is 14.2. The summed E-state index contributed by atoms with van der Waals surface area (Å²) < 4.78 is 0. The lowest BCUT2D eigenvalue weighted by Crippen LogP contribution is -1.90. The van der Waals surface area contributed by atoms with Gasteiger partial charge in [-0.05, 0) is 55.4 Å². The first-order valence-corrected chi connectivity index (χ1v) is 9.58. The van der Waals surface area contributed by atoms with E-state index in [1.54, 1.807) is 0 Å². The van der Waals surface area contributed by atoms with E-state index in [2.05, 4.69) is 110 Å². The van der Waals surface area contributed by atoms with Gasteiger partial charge in [-0.3, -0.25) is 0 Å². The van der Waals surface area contributed by atoms with Crippen LogP contribution in [-0.4, -0.2) is 0 Å². The van der Waals surface area contributed by atoms with E-state index in [4.69, 9.17) is 0 Å². The zero-order valence-electron chi connectivity index (χ0n) is 15.6. The summed E-state index contributed by atoms with van der Waals surface area (Å²) in [6.45, 7) is 4.09. The van der Waals surface area contributed by atoms with Crippen LogP contribution in [-0.2, 0) is 0 Å². The highest BCUT2D eigenvalue weighted by Crippen LogP contribution is 2.40. The van der Waals surface area contributed by atoms with Gasteiger partial charge in [0.2, 0.25) is 0 Å². The highest BCUT2D eigenvalue weighted by molar-refractivity contribution is 6.17. The van der Waals surface area contributed by atoms with E-state index in [1.165, 1.54) is 49.4 Å². The fourth-order valence-corrected chi connectivity index (χ4v) is 4.18. The molecule has 0 aliphatic rings. The van der Waals surface area contributed by atoms with Crippen molar-refractivity contribution in [2.24, 2.45) is 0 Å². The van der Waals surface area contributed by atoms with Crippen molar-refractivity contribution in [1.82, 2.24) is 0 Å². The lowest BCUT2D eigenvalue weighted by atomic mass is 9.87. The Morgan fingerprint density at radius 1 is 0.464 bits per heavy atom. The number of hydrogen-bond donors (Lipinski definition) is 0. The summed E-state index contributed by atoms with van der Waals surface area (Å²) in [7, 11) is 0. The van der Waals surface area contributed by atoms with Crippen LogP contribution in [0.2, 0.25) is 0 Å². The summed E-state index contributed by atoms with van der Waals surface area (Å²) in [4.78, 5) is 0. The third-order valence-corrected chi connectivity index (χ3v) is 5.44. The van der Waals surface area contributed by atoms with Crippen LogP contribution < -0.4 is 0 Å². The molecule has 0 atom stereocenters. The topological polar surface area (TPSA) is 0 Å². The van der Waals surface area contributed by atoms with Gasteiger partial charge in [-0.25, -0.2) is 0 Å². The van der Waals surface area contributed by atoms with Crippen molar-refractivity contribution in [2.45, 2.75) is 0 Å². The summed E-state index contributed by atoms with van der Waals surface area (Å²) in [5.41, 5.74) is 6.20. The Labute approximate surface area is 165 Å². The molecule has 132 valence electrons. The van der Waals surface area contributed by atoms with Crippen LogP contribution in [0.4, 0.5) is 0 Å². The standard InChI is InChI=1S/C28H20/c1-2-23-24-15-6-8-17-26(24)28(27-18-9-7-16-25(23)27)22-14-10-13-21(19-22)20-11-4-3-5-12-20/h2-19H,1H2. The van der Waals surface area contributed by atoms with Gasteiger partial charge in [0.15, 0.2) is 0 Å². The average molecular weight is 356 g/mol. The van der Waals surface area contributed by atoms with Crippen LogP contribution >= 0.6 is 0 Å². The van der Waals surface area contributed by atoms with Crippen LogP contribution in [0.25, 0.3) is 49.9 Å². The summed E-state index contributed by atoms with van der Waals surface area (Å²) in [5, 5.41) is 5.02. The summed E-state index contributed by atoms with van der Waals surface area (Å²) in [6, 6.07) is 36.7. The van der Waals surface area contributed by atoms with Gasteiger partial charge >= 0.3 is 0 Å². The van der Waals surface area contributed by atoms with E-state index in [0.717, 1.165) is 0 Å². The van der Waals surface area contributed by atoms with Crippen molar-refractivity contribution in [3.05, 3.63) is 115 Å². The molecule has 0 nitrogen and oxygen atoms in total. The lowest BCUT2D eigenvalue weighted by Gasteiger charge is -2.16. The number of benzene rings is 5. The van der Waals surface area contributed by atoms with Gasteiger partial charge in [-0.1, -0.05) is 110 Å². The molecule has 5 aromatic rings. The van der Waals surface area contributed by atoms with Gasteiger partial charge in [0.05, 0.1) is 0 Å². The van der Waals surface area contributed by atoms with E-state index in [0.29, 0.717) is 0 Å². The van der Waals surface area contributed by atoms with Gasteiger partial charge in [-0.15, -0.1) is 0 Å². The molecule has 0 amide bonds. The maximum atomic E-state index is 4.09. The third kappa shape index (κ3) is 2.62. The fourth-order valence-electron chi connectivity index (χ4n) is 4.18. The predicted molar refractivity (Wildman–Crippen MR) is 122 cm³/mol. The van der Waals surface area contributed by atoms with E-state index in [9.17, 15) is 0 Å². The predicted octanol–water partition coefficient (Wildman–Crippen LogP) is 7.97. The van der Waals surface area contributed by atoms with E-state index in [-0.39, 0.29) is 0 Å². The first-order chi connectivity index (χ1) is 13.9. The fraction of sp³-hybridized carbons (Fsp3) is 0. The lowest BCUT2D eigenvalue weighted by molar-refractivity contribution is 1.61. The van der Waals surface area contributed by atoms with Gasteiger partial charge in [0.25, 0.3) is 0 Å². The third-order valence-electron chi connectivity index (χ3n) is 5.44. The maximum Gasteiger partial charge on any atom is -0.00262 e. The number of rotatable bonds is 3. The molecule has 0 fully saturated rings. The van der Waals surface area contributed by atoms with Crippen LogP contribution in [0.15, 0.2) is 110 Å². The molecule has 0 saturated carbocycles. The molecule has 5 rings (SSSR count). The second kappa shape index (κ2) is 6.83. The maximum absolute atomic E-state index is 4.09. The van der Waals surface area contributed by atoms with Gasteiger partial charge in [0.1, 0.15) is 0 Å². The van der Waals surface area contributed by atoms with E-state index < -0.39 is 0 Å². The largest absolute Gasteiger partial charge is 0.0984 e. The molecular weight excluding hydrogens is 336 g/mol. The molecule has 0 saturated heterocycles. The molecule has 0 aliphatic carbocycles. The van der Waals surface area contributed by atoms with Crippen molar-refractivity contribution in [2.75, 3.05) is 0 Å². The molecule has 0 heterocycles. The molecular formula is C28H20. The van der Waals surface area contributed by atoms with Crippen molar-refractivity contribution < 1.29 is 0 Å². The van der Waals surface area contributed by atoms with Crippen LogP contribution in [0.5, 0.6) is 0 Å². The molecule has 0 N–H and O–H groups in total. The second-order valence-corrected chi connectivity index (χ2v) is 7.03. The van der Waals surface area contributed by atoms with Gasteiger partial charge in [-0.2, -0.15) is 0 Å². The minimum atomic E-state index is 1.20. The average Bonchev–Trinajstić information content (AvgIpc) is 2.78. The molecule has 28 heavy (non-hydrogen) atoms. The van der Waals surface area contributed by atoms with Crippen molar-refractivity contribution >= 4 is 27.6 Å². The van der Waals surface area contributed by atoms with Crippen molar-refractivity contribution in [1.29, 1.82) is 0 Å². The molecule has 0 radical (unpaired) electrons. The van der Waals surface area contributed by atoms with Crippen LogP contribution in [0.1, 0.15) is 5.56 Å². The quantitative estimate of drug-likeness (QED) is 0.288. The minimum absolute atomic E-state index is 1.20. The Morgan fingerprint density at radius 3 is 1.57 bits per heavy atom. The molecule has 0 bridgehead atoms. The smallest absolute Gasteiger partial charge is 0.00262 e. The first-order valence-electron chi connectivity index (χ1n) is 9.58. The minimum Gasteiger partial charge on any atom is -0.0984 e. The van der Waals surface area contributed by atoms with Crippen LogP contribution in [0, 0.1) is 0 Å². The summed E-state index contributed by atoms with van der Waals surface area (Å²) in [5.74, 6) is 0. The molecule has 0 spiro atoms. The number of fused-ring (bicyclic) bond motifs is 2. The first kappa shape index (κ1) is 16.5. The Balaban J connectivity index is 1.88. The molecule has 0 heteroatoms.